The van der Waals surface area contributed by atoms with E-state index in [0.29, 0.717) is 12.1 Å². The Hall–Kier alpha value is -2.66. The highest BCUT2D eigenvalue weighted by atomic mass is 16.2. The first kappa shape index (κ1) is 20.6. The number of hydrogen-bond acceptors (Lipinski definition) is 3. The van der Waals surface area contributed by atoms with Crippen LogP contribution >= 0.6 is 0 Å². The molecule has 158 valence electrons. The number of rotatable bonds is 7. The molecule has 1 saturated heterocycles. The Morgan fingerprint density at radius 1 is 0.967 bits per heavy atom. The molecule has 5 heteroatoms. The van der Waals surface area contributed by atoms with Gasteiger partial charge in [-0.2, -0.15) is 0 Å². The van der Waals surface area contributed by atoms with Crippen LogP contribution in [0.1, 0.15) is 54.1 Å². The lowest BCUT2D eigenvalue weighted by Gasteiger charge is -2.30. The van der Waals surface area contributed by atoms with E-state index in [1.54, 1.807) is 24.3 Å². The van der Waals surface area contributed by atoms with Gasteiger partial charge in [0.25, 0.3) is 5.91 Å². The van der Waals surface area contributed by atoms with Gasteiger partial charge in [-0.3, -0.25) is 14.5 Å². The fourth-order valence-corrected chi connectivity index (χ4v) is 4.03. The van der Waals surface area contributed by atoms with Crippen molar-refractivity contribution in [2.24, 2.45) is 11.8 Å². The van der Waals surface area contributed by atoms with Gasteiger partial charge in [0.15, 0.2) is 0 Å². The minimum Gasteiger partial charge on any atom is -0.348 e. The third kappa shape index (κ3) is 5.70. The molecule has 2 aromatic carbocycles. The summed E-state index contributed by atoms with van der Waals surface area (Å²) < 4.78 is 0. The van der Waals surface area contributed by atoms with Crippen molar-refractivity contribution < 1.29 is 9.59 Å². The molecule has 1 atom stereocenters. The van der Waals surface area contributed by atoms with Crippen molar-refractivity contribution in [3.05, 3.63) is 65.2 Å². The monoisotopic (exact) mass is 405 g/mol. The summed E-state index contributed by atoms with van der Waals surface area (Å²) in [6.07, 6.45) is 4.58. The van der Waals surface area contributed by atoms with Crippen LogP contribution in [-0.4, -0.2) is 29.8 Å². The number of piperidine rings is 1. The lowest BCUT2D eigenvalue weighted by atomic mass is 9.99. The highest BCUT2D eigenvalue weighted by molar-refractivity contribution is 5.96. The van der Waals surface area contributed by atoms with Crippen molar-refractivity contribution in [1.82, 2.24) is 10.2 Å². The summed E-state index contributed by atoms with van der Waals surface area (Å²) in [5.41, 5.74) is 3.74. The first-order chi connectivity index (χ1) is 14.6. The largest absolute Gasteiger partial charge is 0.348 e. The number of benzene rings is 2. The number of carbonyl (C=O) groups excluding carboxylic acids is 2. The SMILES string of the molecule is CC1CCCN(Cc2ccc(CNC(=O)c3ccc(NC(=O)C4CC4)cc3)cc2)C1. The molecule has 30 heavy (non-hydrogen) atoms. The van der Waals surface area contributed by atoms with Crippen molar-refractivity contribution in [3.8, 4) is 0 Å². The second kappa shape index (κ2) is 9.43. The van der Waals surface area contributed by atoms with Crippen molar-refractivity contribution in [2.75, 3.05) is 18.4 Å². The summed E-state index contributed by atoms with van der Waals surface area (Å²) in [5.74, 6) is 0.923. The molecule has 0 spiro atoms. The molecule has 2 N–H and O–H groups in total. The van der Waals surface area contributed by atoms with Gasteiger partial charge in [0.1, 0.15) is 0 Å². The van der Waals surface area contributed by atoms with E-state index in [1.807, 2.05) is 0 Å². The molecule has 1 aliphatic carbocycles. The van der Waals surface area contributed by atoms with Gasteiger partial charge in [0.2, 0.25) is 5.91 Å². The summed E-state index contributed by atoms with van der Waals surface area (Å²) in [5, 5.41) is 5.86. The summed E-state index contributed by atoms with van der Waals surface area (Å²) in [6, 6.07) is 15.6. The molecule has 5 nitrogen and oxygen atoms in total. The van der Waals surface area contributed by atoms with Crippen molar-refractivity contribution in [3.63, 3.8) is 0 Å². The molecule has 2 aliphatic rings. The molecule has 2 fully saturated rings. The Morgan fingerprint density at radius 2 is 1.67 bits per heavy atom. The molecule has 1 unspecified atom stereocenters. The smallest absolute Gasteiger partial charge is 0.251 e. The van der Waals surface area contributed by atoms with E-state index in [9.17, 15) is 9.59 Å². The number of amides is 2. The van der Waals surface area contributed by atoms with E-state index in [1.165, 1.54) is 31.5 Å². The summed E-state index contributed by atoms with van der Waals surface area (Å²) in [6.45, 7) is 6.20. The van der Waals surface area contributed by atoms with Gasteiger partial charge in [-0.15, -0.1) is 0 Å². The Bertz CT molecular complexity index is 872. The third-order valence-corrected chi connectivity index (χ3v) is 5.99. The van der Waals surface area contributed by atoms with Gasteiger partial charge in [-0.25, -0.2) is 0 Å². The highest BCUT2D eigenvalue weighted by Gasteiger charge is 2.29. The molecule has 0 bridgehead atoms. The van der Waals surface area contributed by atoms with E-state index in [4.69, 9.17) is 0 Å². The lowest BCUT2D eigenvalue weighted by Crippen LogP contribution is -2.33. The van der Waals surface area contributed by atoms with E-state index in [0.717, 1.165) is 36.6 Å². The Morgan fingerprint density at radius 3 is 2.33 bits per heavy atom. The zero-order chi connectivity index (χ0) is 20.9. The van der Waals surface area contributed by atoms with Crippen LogP contribution in [0.3, 0.4) is 0 Å². The molecule has 1 saturated carbocycles. The minimum atomic E-state index is -0.110. The van der Waals surface area contributed by atoms with Crippen LogP contribution < -0.4 is 10.6 Å². The maximum atomic E-state index is 12.4. The summed E-state index contributed by atoms with van der Waals surface area (Å²) >= 11 is 0. The predicted octanol–water partition coefficient (Wildman–Crippen LogP) is 4.20. The van der Waals surface area contributed by atoms with Gasteiger partial charge in [-0.05, 0) is 73.5 Å². The van der Waals surface area contributed by atoms with Crippen molar-refractivity contribution >= 4 is 17.5 Å². The van der Waals surface area contributed by atoms with E-state index in [2.05, 4.69) is 46.7 Å². The van der Waals surface area contributed by atoms with Gasteiger partial charge >= 0.3 is 0 Å². The zero-order valence-electron chi connectivity index (χ0n) is 17.7. The molecule has 2 amide bonds. The predicted molar refractivity (Wildman–Crippen MR) is 119 cm³/mol. The van der Waals surface area contributed by atoms with Crippen LogP contribution in [-0.2, 0) is 17.9 Å². The van der Waals surface area contributed by atoms with E-state index in [-0.39, 0.29) is 17.7 Å². The average Bonchev–Trinajstić information content (AvgIpc) is 3.59. The molecule has 1 heterocycles. The third-order valence-electron chi connectivity index (χ3n) is 5.99. The lowest BCUT2D eigenvalue weighted by molar-refractivity contribution is -0.117. The number of nitrogens with one attached hydrogen (secondary N) is 2. The number of nitrogens with zero attached hydrogens (tertiary/aromatic N) is 1. The topological polar surface area (TPSA) is 61.4 Å². The van der Waals surface area contributed by atoms with Crippen molar-refractivity contribution in [2.45, 2.75) is 45.7 Å². The molecule has 2 aromatic rings. The van der Waals surface area contributed by atoms with Gasteiger partial charge in [0, 0.05) is 36.8 Å². The molecule has 0 radical (unpaired) electrons. The second-order valence-electron chi connectivity index (χ2n) is 8.82. The van der Waals surface area contributed by atoms with Crippen LogP contribution in [0.15, 0.2) is 48.5 Å². The number of anilines is 1. The first-order valence-electron chi connectivity index (χ1n) is 11.1. The molecular weight excluding hydrogens is 374 g/mol. The minimum absolute atomic E-state index is 0.0745. The number of carbonyl (C=O) groups is 2. The Kier molecular flexibility index (Phi) is 6.48. The van der Waals surface area contributed by atoms with Crippen LogP contribution in [0.5, 0.6) is 0 Å². The van der Waals surface area contributed by atoms with Crippen LogP contribution in [0.25, 0.3) is 0 Å². The fraction of sp³-hybridized carbons (Fsp3) is 0.440. The quantitative estimate of drug-likeness (QED) is 0.726. The fourth-order valence-electron chi connectivity index (χ4n) is 4.03. The van der Waals surface area contributed by atoms with Gasteiger partial charge in [0.05, 0.1) is 0 Å². The molecule has 1 aliphatic heterocycles. The van der Waals surface area contributed by atoms with Gasteiger partial charge < -0.3 is 10.6 Å². The highest BCUT2D eigenvalue weighted by Crippen LogP contribution is 2.30. The Labute approximate surface area is 178 Å². The average molecular weight is 406 g/mol. The molecule has 4 rings (SSSR count). The standard InChI is InChI=1S/C25H31N3O2/c1-18-3-2-14-28(16-18)17-20-6-4-19(5-7-20)15-26-24(29)21-10-12-23(13-11-21)27-25(30)22-8-9-22/h4-7,10-13,18,22H,2-3,8-9,14-17H2,1H3,(H,26,29)(H,27,30). The zero-order valence-corrected chi connectivity index (χ0v) is 17.7. The summed E-state index contributed by atoms with van der Waals surface area (Å²) in [7, 11) is 0. The maximum Gasteiger partial charge on any atom is 0.251 e. The number of hydrogen-bond donors (Lipinski definition) is 2. The first-order valence-corrected chi connectivity index (χ1v) is 11.1. The van der Waals surface area contributed by atoms with Crippen LogP contribution in [0.2, 0.25) is 0 Å². The summed E-state index contributed by atoms with van der Waals surface area (Å²) in [4.78, 5) is 26.8. The maximum absolute atomic E-state index is 12.4. The molecule has 0 aromatic heterocycles. The van der Waals surface area contributed by atoms with E-state index < -0.39 is 0 Å². The van der Waals surface area contributed by atoms with Crippen LogP contribution in [0.4, 0.5) is 5.69 Å². The Balaban J connectivity index is 1.24. The second-order valence-corrected chi connectivity index (χ2v) is 8.82. The van der Waals surface area contributed by atoms with Crippen LogP contribution in [0, 0.1) is 11.8 Å². The molecular formula is C25H31N3O2. The normalized spacial score (nSPS) is 19.3. The van der Waals surface area contributed by atoms with E-state index >= 15 is 0 Å². The number of likely N-dealkylation sites (tertiary alicyclic amines) is 1. The van der Waals surface area contributed by atoms with Gasteiger partial charge in [-0.1, -0.05) is 31.2 Å². The van der Waals surface area contributed by atoms with Crippen molar-refractivity contribution in [1.29, 1.82) is 0 Å².